The van der Waals surface area contributed by atoms with Crippen LogP contribution in [-0.4, -0.2) is 6.54 Å². The van der Waals surface area contributed by atoms with Crippen LogP contribution in [0.3, 0.4) is 0 Å². The molecule has 2 aromatic rings. The van der Waals surface area contributed by atoms with E-state index in [1.807, 2.05) is 25.1 Å². The highest BCUT2D eigenvalue weighted by molar-refractivity contribution is 5.39. The molecule has 2 rings (SSSR count). The summed E-state index contributed by atoms with van der Waals surface area (Å²) in [6.45, 7) is 7.08. The lowest BCUT2D eigenvalue weighted by molar-refractivity contribution is 0.469. The van der Waals surface area contributed by atoms with Crippen LogP contribution in [0.2, 0.25) is 0 Å². The Kier molecular flexibility index (Phi) is 5.34. The highest BCUT2D eigenvalue weighted by Gasteiger charge is 2.09. The topological polar surface area (TPSA) is 21.3 Å². The van der Waals surface area contributed by atoms with Gasteiger partial charge in [-0.1, -0.05) is 32.0 Å². The van der Waals surface area contributed by atoms with Gasteiger partial charge in [-0.3, -0.25) is 0 Å². The zero-order chi connectivity index (χ0) is 15.2. The Hall–Kier alpha value is -1.87. The monoisotopic (exact) mass is 287 g/mol. The van der Waals surface area contributed by atoms with Crippen LogP contribution in [-0.2, 0) is 0 Å². The molecule has 0 bridgehead atoms. The van der Waals surface area contributed by atoms with Crippen molar-refractivity contribution in [1.82, 2.24) is 5.32 Å². The maximum atomic E-state index is 13.3. The van der Waals surface area contributed by atoms with Crippen molar-refractivity contribution in [3.8, 4) is 11.5 Å². The zero-order valence-corrected chi connectivity index (χ0v) is 12.8. The highest BCUT2D eigenvalue weighted by atomic mass is 19.1. The van der Waals surface area contributed by atoms with Gasteiger partial charge >= 0.3 is 0 Å². The second-order valence-corrected chi connectivity index (χ2v) is 5.10. The first-order valence-corrected chi connectivity index (χ1v) is 7.41. The van der Waals surface area contributed by atoms with Gasteiger partial charge in [-0.15, -0.1) is 0 Å². The molecule has 0 fully saturated rings. The Bertz CT molecular complexity index is 598. The van der Waals surface area contributed by atoms with Gasteiger partial charge in [0.05, 0.1) is 0 Å². The molecule has 0 aliphatic heterocycles. The van der Waals surface area contributed by atoms with Crippen LogP contribution < -0.4 is 10.1 Å². The van der Waals surface area contributed by atoms with Crippen molar-refractivity contribution in [3.05, 3.63) is 59.4 Å². The van der Waals surface area contributed by atoms with Gasteiger partial charge in [-0.2, -0.15) is 0 Å². The van der Waals surface area contributed by atoms with Crippen LogP contribution in [0, 0.1) is 12.7 Å². The minimum atomic E-state index is -0.286. The predicted octanol–water partition coefficient (Wildman–Crippen LogP) is 4.99. The van der Waals surface area contributed by atoms with E-state index in [9.17, 15) is 4.39 Å². The van der Waals surface area contributed by atoms with Gasteiger partial charge in [-0.05, 0) is 49.2 Å². The zero-order valence-electron chi connectivity index (χ0n) is 12.8. The molecule has 0 saturated carbocycles. The van der Waals surface area contributed by atoms with Crippen LogP contribution >= 0.6 is 0 Å². The Morgan fingerprint density at radius 1 is 1.14 bits per heavy atom. The quantitative estimate of drug-likeness (QED) is 0.808. The minimum absolute atomic E-state index is 0.286. The fraction of sp³-hybridized carbons (Fsp3) is 0.333. The van der Waals surface area contributed by atoms with Gasteiger partial charge < -0.3 is 10.1 Å². The first-order chi connectivity index (χ1) is 10.1. The maximum absolute atomic E-state index is 13.3. The fourth-order valence-electron chi connectivity index (χ4n) is 2.35. The third-order valence-electron chi connectivity index (χ3n) is 3.50. The van der Waals surface area contributed by atoms with Crippen LogP contribution in [0.1, 0.15) is 37.4 Å². The van der Waals surface area contributed by atoms with Crippen LogP contribution in [0.4, 0.5) is 4.39 Å². The maximum Gasteiger partial charge on any atom is 0.133 e. The van der Waals surface area contributed by atoms with Crippen molar-refractivity contribution in [2.24, 2.45) is 0 Å². The molecular weight excluding hydrogens is 265 g/mol. The van der Waals surface area contributed by atoms with Gasteiger partial charge in [0.15, 0.2) is 0 Å². The summed E-state index contributed by atoms with van der Waals surface area (Å²) in [6.07, 6.45) is 1.01. The lowest BCUT2D eigenvalue weighted by Crippen LogP contribution is -2.19. The summed E-state index contributed by atoms with van der Waals surface area (Å²) in [5, 5.41) is 3.44. The smallest absolute Gasteiger partial charge is 0.133 e. The number of hydrogen-bond acceptors (Lipinski definition) is 2. The molecule has 3 heteroatoms. The summed E-state index contributed by atoms with van der Waals surface area (Å²) in [7, 11) is 0. The molecule has 0 saturated heterocycles. The van der Waals surface area contributed by atoms with Crippen LogP contribution in [0.25, 0.3) is 0 Å². The summed E-state index contributed by atoms with van der Waals surface area (Å²) in [4.78, 5) is 0. The van der Waals surface area contributed by atoms with Gasteiger partial charge in [0.25, 0.3) is 0 Å². The van der Waals surface area contributed by atoms with E-state index in [1.54, 1.807) is 6.07 Å². The fourth-order valence-corrected chi connectivity index (χ4v) is 2.35. The lowest BCUT2D eigenvalue weighted by Gasteiger charge is -2.17. The van der Waals surface area contributed by atoms with Crippen molar-refractivity contribution < 1.29 is 9.13 Å². The van der Waals surface area contributed by atoms with Crippen molar-refractivity contribution in [3.63, 3.8) is 0 Å². The molecule has 0 heterocycles. The molecule has 0 aromatic heterocycles. The molecule has 2 aromatic carbocycles. The molecule has 1 unspecified atom stereocenters. The number of aryl methyl sites for hydroxylation is 1. The first-order valence-electron chi connectivity index (χ1n) is 7.41. The van der Waals surface area contributed by atoms with E-state index < -0.39 is 0 Å². The molecular formula is C18H22FNO. The van der Waals surface area contributed by atoms with E-state index in [4.69, 9.17) is 4.74 Å². The lowest BCUT2D eigenvalue weighted by atomic mass is 10.0. The Balaban J connectivity index is 2.23. The van der Waals surface area contributed by atoms with Gasteiger partial charge in [0.1, 0.15) is 17.3 Å². The molecule has 21 heavy (non-hydrogen) atoms. The average molecular weight is 287 g/mol. The standard InChI is InChI=1S/C18H22FNO/c1-4-17(20-5-2)14-7-6-8-16(11-14)21-18-12-15(19)10-9-13(18)3/h6-12,17,20H,4-5H2,1-3H3. The normalized spacial score (nSPS) is 12.2. The summed E-state index contributed by atoms with van der Waals surface area (Å²) in [6, 6.07) is 12.9. The van der Waals surface area contributed by atoms with Crippen LogP contribution in [0.5, 0.6) is 11.5 Å². The second kappa shape index (κ2) is 7.23. The van der Waals surface area contributed by atoms with E-state index in [0.717, 1.165) is 24.3 Å². The number of benzene rings is 2. The van der Waals surface area contributed by atoms with Gasteiger partial charge in [0, 0.05) is 12.1 Å². The Morgan fingerprint density at radius 2 is 1.95 bits per heavy atom. The van der Waals surface area contributed by atoms with E-state index in [2.05, 4.69) is 25.2 Å². The summed E-state index contributed by atoms with van der Waals surface area (Å²) < 4.78 is 19.2. The minimum Gasteiger partial charge on any atom is -0.457 e. The molecule has 0 aliphatic rings. The largest absolute Gasteiger partial charge is 0.457 e. The van der Waals surface area contributed by atoms with Gasteiger partial charge in [0.2, 0.25) is 0 Å². The number of halogens is 1. The predicted molar refractivity (Wildman–Crippen MR) is 84.4 cm³/mol. The van der Waals surface area contributed by atoms with Gasteiger partial charge in [-0.25, -0.2) is 4.39 Å². The summed E-state index contributed by atoms with van der Waals surface area (Å²) in [5.74, 6) is 1.01. The SMILES string of the molecule is CCNC(CC)c1cccc(Oc2cc(F)ccc2C)c1. The Morgan fingerprint density at radius 3 is 2.67 bits per heavy atom. The van der Waals surface area contributed by atoms with E-state index in [-0.39, 0.29) is 5.82 Å². The molecule has 0 radical (unpaired) electrons. The number of rotatable bonds is 6. The molecule has 0 spiro atoms. The molecule has 0 amide bonds. The number of hydrogen-bond donors (Lipinski definition) is 1. The highest BCUT2D eigenvalue weighted by Crippen LogP contribution is 2.28. The van der Waals surface area contributed by atoms with E-state index in [0.29, 0.717) is 11.8 Å². The summed E-state index contributed by atoms with van der Waals surface area (Å²) in [5.41, 5.74) is 2.10. The average Bonchev–Trinajstić information content (AvgIpc) is 2.49. The third-order valence-corrected chi connectivity index (χ3v) is 3.50. The molecule has 1 atom stereocenters. The molecule has 0 aliphatic carbocycles. The Labute approximate surface area is 126 Å². The third kappa shape index (κ3) is 4.05. The molecule has 112 valence electrons. The van der Waals surface area contributed by atoms with Crippen LogP contribution in [0.15, 0.2) is 42.5 Å². The first kappa shape index (κ1) is 15.5. The molecule has 2 nitrogen and oxygen atoms in total. The number of nitrogens with one attached hydrogen (secondary N) is 1. The molecule has 1 N–H and O–H groups in total. The van der Waals surface area contributed by atoms with Crippen molar-refractivity contribution in [2.45, 2.75) is 33.2 Å². The van der Waals surface area contributed by atoms with E-state index >= 15 is 0 Å². The van der Waals surface area contributed by atoms with Crippen molar-refractivity contribution in [2.75, 3.05) is 6.54 Å². The van der Waals surface area contributed by atoms with E-state index in [1.165, 1.54) is 17.7 Å². The van der Waals surface area contributed by atoms with Crippen molar-refractivity contribution >= 4 is 0 Å². The second-order valence-electron chi connectivity index (χ2n) is 5.10. The van der Waals surface area contributed by atoms with Crippen molar-refractivity contribution in [1.29, 1.82) is 0 Å². The number of ether oxygens (including phenoxy) is 1. The summed E-state index contributed by atoms with van der Waals surface area (Å²) >= 11 is 0.